The van der Waals surface area contributed by atoms with Gasteiger partial charge in [-0.1, -0.05) is 0 Å². The first-order valence-corrected chi connectivity index (χ1v) is 7.58. The molecule has 2 atom stereocenters. The summed E-state index contributed by atoms with van der Waals surface area (Å²) in [6, 6.07) is -0.217. The molecule has 0 radical (unpaired) electrons. The number of hydrogen-bond acceptors (Lipinski definition) is 8. The smallest absolute Gasteiger partial charge is 0.207 e. The van der Waals surface area contributed by atoms with Crippen molar-refractivity contribution in [3.8, 4) is 0 Å². The van der Waals surface area contributed by atoms with Gasteiger partial charge in [-0.05, 0) is 6.42 Å². The summed E-state index contributed by atoms with van der Waals surface area (Å²) in [7, 11) is 0. The summed E-state index contributed by atoms with van der Waals surface area (Å²) in [5.74, 6) is -0.633. The Morgan fingerprint density at radius 3 is 3.00 bits per heavy atom. The largest absolute Gasteiger partial charge is 0.389 e. The Kier molecular flexibility index (Phi) is 5.32. The number of ketones is 1. The van der Waals surface area contributed by atoms with E-state index in [-0.39, 0.29) is 34.5 Å². The van der Waals surface area contributed by atoms with Crippen molar-refractivity contribution >= 4 is 29.2 Å². The predicted molar refractivity (Wildman–Crippen MR) is 79.5 cm³/mol. The second kappa shape index (κ2) is 7.01. The number of carbonyl (C=O) groups excluding carboxylic acids is 1. The number of aliphatic hydroxyl groups excluding tert-OH is 1. The lowest BCUT2D eigenvalue weighted by Gasteiger charge is -2.37. The summed E-state index contributed by atoms with van der Waals surface area (Å²) in [5.41, 5.74) is 11.5. The van der Waals surface area contributed by atoms with Crippen LogP contribution in [0.2, 0.25) is 0 Å². The molecule has 1 fully saturated rings. The first-order valence-electron chi connectivity index (χ1n) is 6.53. The highest BCUT2D eigenvalue weighted by atomic mass is 32.2. The van der Waals surface area contributed by atoms with Crippen molar-refractivity contribution in [3.05, 3.63) is 12.1 Å². The van der Waals surface area contributed by atoms with Gasteiger partial charge in [0.1, 0.15) is 12.9 Å². The Bertz CT molecular complexity index is 518. The Labute approximate surface area is 125 Å². The Balaban J connectivity index is 1.97. The first-order chi connectivity index (χ1) is 10.0. The van der Waals surface area contributed by atoms with E-state index >= 15 is 0 Å². The van der Waals surface area contributed by atoms with Gasteiger partial charge in [0.25, 0.3) is 0 Å². The van der Waals surface area contributed by atoms with Crippen LogP contribution >= 0.6 is 11.8 Å². The maximum atomic E-state index is 13.9. The van der Waals surface area contributed by atoms with Crippen molar-refractivity contribution in [1.82, 2.24) is 9.97 Å². The van der Waals surface area contributed by atoms with E-state index in [0.717, 1.165) is 0 Å². The molecular formula is C12H18FN5O2S. The molecule has 1 aromatic heterocycles. The summed E-state index contributed by atoms with van der Waals surface area (Å²) in [6.07, 6.45) is 1.92. The summed E-state index contributed by atoms with van der Waals surface area (Å²) in [6.45, 7) is 0.552. The third-order valence-electron chi connectivity index (χ3n) is 3.32. The summed E-state index contributed by atoms with van der Waals surface area (Å²) >= 11 is 1.43. The highest BCUT2D eigenvalue weighted by Crippen LogP contribution is 2.27. The number of Topliss-reactive ketones (excluding diaryl/α,β-unsaturated/α-hetero) is 1. The Morgan fingerprint density at radius 1 is 1.57 bits per heavy atom. The lowest BCUT2D eigenvalue weighted by Crippen LogP contribution is -2.51. The molecule has 1 unspecified atom stereocenters. The van der Waals surface area contributed by atoms with Crippen LogP contribution in [-0.2, 0) is 4.79 Å². The second-order valence-corrected chi connectivity index (χ2v) is 6.07. The molecule has 5 N–H and O–H groups in total. The van der Waals surface area contributed by atoms with Gasteiger partial charge in [-0.3, -0.25) is 4.79 Å². The molecule has 2 heterocycles. The van der Waals surface area contributed by atoms with Crippen molar-refractivity contribution in [2.75, 3.05) is 36.1 Å². The Hall–Kier alpha value is -1.45. The molecule has 1 aliphatic heterocycles. The van der Waals surface area contributed by atoms with Crippen LogP contribution in [0.1, 0.15) is 6.42 Å². The lowest BCUT2D eigenvalue weighted by atomic mass is 10.1. The standard InChI is InChI=1S/C12H18FN5O2S/c13-10-11(15)16-6-17-12(10)18-2-1-9(8(14)3-18)21-5-7(20)4-19/h6,8-9,19H,1-5,14H2,(H2,15,16,17)/t8-,9?/m0/s1. The summed E-state index contributed by atoms with van der Waals surface area (Å²) < 4.78 is 13.9. The second-order valence-electron chi connectivity index (χ2n) is 4.84. The fourth-order valence-corrected chi connectivity index (χ4v) is 3.30. The number of carbonyl (C=O) groups is 1. The number of piperidine rings is 1. The minimum Gasteiger partial charge on any atom is -0.389 e. The molecule has 0 saturated carbocycles. The van der Waals surface area contributed by atoms with E-state index in [0.29, 0.717) is 19.5 Å². The zero-order valence-electron chi connectivity index (χ0n) is 11.4. The number of nitrogens with zero attached hydrogens (tertiary/aromatic N) is 3. The number of rotatable bonds is 5. The van der Waals surface area contributed by atoms with Gasteiger partial charge in [0.15, 0.2) is 17.4 Å². The van der Waals surface area contributed by atoms with Gasteiger partial charge in [-0.2, -0.15) is 4.39 Å². The topological polar surface area (TPSA) is 118 Å². The van der Waals surface area contributed by atoms with Crippen LogP contribution in [0.4, 0.5) is 16.0 Å². The van der Waals surface area contributed by atoms with Crippen LogP contribution in [0.15, 0.2) is 6.33 Å². The molecule has 0 bridgehead atoms. The summed E-state index contributed by atoms with van der Waals surface area (Å²) in [4.78, 5) is 20.4. The number of thioether (sulfide) groups is 1. The quantitative estimate of drug-likeness (QED) is 0.659. The van der Waals surface area contributed by atoms with Gasteiger partial charge in [0, 0.05) is 24.4 Å². The molecule has 0 amide bonds. The maximum absolute atomic E-state index is 13.9. The minimum atomic E-state index is -0.633. The van der Waals surface area contributed by atoms with Crippen molar-refractivity contribution < 1.29 is 14.3 Å². The number of anilines is 2. The average molecular weight is 315 g/mol. The van der Waals surface area contributed by atoms with E-state index in [2.05, 4.69) is 9.97 Å². The van der Waals surface area contributed by atoms with E-state index < -0.39 is 12.4 Å². The zero-order valence-corrected chi connectivity index (χ0v) is 12.2. The third-order valence-corrected chi connectivity index (χ3v) is 4.83. The molecule has 0 aromatic carbocycles. The van der Waals surface area contributed by atoms with Crippen LogP contribution in [-0.4, -0.2) is 57.6 Å². The number of hydrogen-bond donors (Lipinski definition) is 3. The van der Waals surface area contributed by atoms with E-state index in [4.69, 9.17) is 16.6 Å². The highest BCUT2D eigenvalue weighted by molar-refractivity contribution is 8.00. The minimum absolute atomic E-state index is 0.0963. The molecule has 9 heteroatoms. The van der Waals surface area contributed by atoms with Gasteiger partial charge >= 0.3 is 0 Å². The zero-order chi connectivity index (χ0) is 15.4. The van der Waals surface area contributed by atoms with E-state index in [1.807, 2.05) is 0 Å². The SMILES string of the molecule is Nc1ncnc(N2CCC(SCC(=O)CO)[C@@H](N)C2)c1F. The summed E-state index contributed by atoms with van der Waals surface area (Å²) in [5, 5.41) is 8.80. The van der Waals surface area contributed by atoms with E-state index in [1.54, 1.807) is 4.90 Å². The van der Waals surface area contributed by atoms with Crippen molar-refractivity contribution in [2.45, 2.75) is 17.7 Å². The van der Waals surface area contributed by atoms with Gasteiger partial charge in [-0.25, -0.2) is 9.97 Å². The Morgan fingerprint density at radius 2 is 2.33 bits per heavy atom. The van der Waals surface area contributed by atoms with Crippen molar-refractivity contribution in [3.63, 3.8) is 0 Å². The molecular weight excluding hydrogens is 297 g/mol. The molecule has 1 saturated heterocycles. The first kappa shape index (κ1) is 15.9. The molecule has 21 heavy (non-hydrogen) atoms. The lowest BCUT2D eigenvalue weighted by molar-refractivity contribution is -0.119. The molecule has 2 rings (SSSR count). The number of aromatic nitrogens is 2. The monoisotopic (exact) mass is 315 g/mol. The van der Waals surface area contributed by atoms with Crippen LogP contribution in [0.3, 0.4) is 0 Å². The van der Waals surface area contributed by atoms with Crippen LogP contribution in [0, 0.1) is 5.82 Å². The van der Waals surface area contributed by atoms with Gasteiger partial charge in [-0.15, -0.1) is 11.8 Å². The number of nitrogen functional groups attached to an aromatic ring is 1. The van der Waals surface area contributed by atoms with Crippen LogP contribution in [0.25, 0.3) is 0 Å². The number of halogens is 1. The van der Waals surface area contributed by atoms with Crippen molar-refractivity contribution in [1.29, 1.82) is 0 Å². The van der Waals surface area contributed by atoms with Gasteiger partial charge in [0.2, 0.25) is 5.82 Å². The predicted octanol–water partition coefficient (Wildman–Crippen LogP) is -0.601. The average Bonchev–Trinajstić information content (AvgIpc) is 2.48. The van der Waals surface area contributed by atoms with Gasteiger partial charge in [0.05, 0.1) is 5.75 Å². The molecule has 1 aromatic rings. The normalized spacial score (nSPS) is 22.3. The third kappa shape index (κ3) is 3.80. The maximum Gasteiger partial charge on any atom is 0.207 e. The van der Waals surface area contributed by atoms with E-state index in [1.165, 1.54) is 18.1 Å². The highest BCUT2D eigenvalue weighted by Gasteiger charge is 2.29. The fraction of sp³-hybridized carbons (Fsp3) is 0.583. The van der Waals surface area contributed by atoms with Crippen molar-refractivity contribution in [2.24, 2.45) is 5.73 Å². The van der Waals surface area contributed by atoms with E-state index in [9.17, 15) is 9.18 Å². The molecule has 0 spiro atoms. The number of nitrogens with two attached hydrogens (primary N) is 2. The fourth-order valence-electron chi connectivity index (χ4n) is 2.20. The van der Waals surface area contributed by atoms with Crippen LogP contribution < -0.4 is 16.4 Å². The van der Waals surface area contributed by atoms with Gasteiger partial charge < -0.3 is 21.5 Å². The molecule has 1 aliphatic rings. The molecule has 116 valence electrons. The number of aliphatic hydroxyl groups is 1. The van der Waals surface area contributed by atoms with Crippen LogP contribution in [0.5, 0.6) is 0 Å². The molecule has 0 aliphatic carbocycles. The molecule has 7 nitrogen and oxygen atoms in total.